The van der Waals surface area contributed by atoms with E-state index >= 15 is 0 Å². The van der Waals surface area contributed by atoms with Gasteiger partial charge in [-0.15, -0.1) is 0 Å². The number of benzene rings is 1. The van der Waals surface area contributed by atoms with Crippen molar-refractivity contribution in [2.45, 2.75) is 12.8 Å². The van der Waals surface area contributed by atoms with Crippen LogP contribution in [0, 0.1) is 5.39 Å². The van der Waals surface area contributed by atoms with Gasteiger partial charge in [0, 0.05) is 12.0 Å². The lowest BCUT2D eigenvalue weighted by molar-refractivity contribution is -0.136. The number of aliphatic hydroxyl groups is 1. The lowest BCUT2D eigenvalue weighted by Gasteiger charge is -2.00. The topological polar surface area (TPSA) is 85.7 Å². The first-order valence-electron chi connectivity index (χ1n) is 4.68. The predicted octanol–water partition coefficient (Wildman–Crippen LogP) is 2.41. The van der Waals surface area contributed by atoms with Gasteiger partial charge >= 0.3 is 12.2 Å². The fourth-order valence-corrected chi connectivity index (χ4v) is 1.22. The number of hydrogen-bond acceptors (Lipinski definition) is 3. The molecule has 0 fully saturated rings. The second-order valence-electron chi connectivity index (χ2n) is 3.22. The highest BCUT2D eigenvalue weighted by Gasteiger charge is 2.04. The van der Waals surface area contributed by atoms with Crippen LogP contribution >= 0.6 is 0 Å². The Morgan fingerprint density at radius 1 is 1.31 bits per heavy atom. The molecule has 0 atom stereocenters. The molecule has 1 rings (SSSR count). The van der Waals surface area contributed by atoms with E-state index in [4.69, 9.17) is 10.5 Å². The molecule has 0 spiro atoms. The Balaban J connectivity index is 2.72. The summed E-state index contributed by atoms with van der Waals surface area (Å²) in [5.74, 6) is -0.988. The minimum absolute atomic E-state index is 0.0765. The molecule has 5 heteroatoms. The maximum absolute atomic E-state index is 10.3. The van der Waals surface area contributed by atoms with Gasteiger partial charge in [0.05, 0.1) is 0 Å². The minimum atomic E-state index is -0.842. The van der Waals surface area contributed by atoms with Gasteiger partial charge in [-0.3, -0.25) is 4.79 Å². The number of nitrogens with zero attached hydrogens (tertiary/aromatic N) is 2. The van der Waals surface area contributed by atoms with Crippen molar-refractivity contribution in [3.05, 3.63) is 46.6 Å². The molecule has 0 saturated heterocycles. The van der Waals surface area contributed by atoms with E-state index in [1.54, 1.807) is 24.3 Å². The van der Waals surface area contributed by atoms with Crippen LogP contribution < -0.4 is 0 Å². The maximum atomic E-state index is 10.3. The van der Waals surface area contributed by atoms with Crippen LogP contribution in [0.2, 0.25) is 0 Å². The number of carboxylic acids is 1. The van der Waals surface area contributed by atoms with Gasteiger partial charge in [0.15, 0.2) is 4.98 Å². The monoisotopic (exact) mass is 219 g/mol. The zero-order valence-corrected chi connectivity index (χ0v) is 8.50. The average molecular weight is 219 g/mol. The van der Waals surface area contributed by atoms with Crippen LogP contribution in [-0.2, 0) is 11.2 Å². The first-order chi connectivity index (χ1) is 7.63. The Bertz CT molecular complexity index is 443. The molecule has 0 bridgehead atoms. The molecule has 0 amide bonds. The highest BCUT2D eigenvalue weighted by Crippen LogP contribution is 2.13. The lowest BCUT2D eigenvalue weighted by atomic mass is 10.1. The largest absolute Gasteiger partial charge is 0.501 e. The highest BCUT2D eigenvalue weighted by molar-refractivity contribution is 5.67. The maximum Gasteiger partial charge on any atom is 0.392 e. The van der Waals surface area contributed by atoms with Gasteiger partial charge in [0.2, 0.25) is 11.2 Å². The molecule has 0 aliphatic carbocycles. The van der Waals surface area contributed by atoms with E-state index in [-0.39, 0.29) is 12.2 Å². The quantitative estimate of drug-likeness (QED) is 0.601. The predicted molar refractivity (Wildman–Crippen MR) is 58.1 cm³/mol. The van der Waals surface area contributed by atoms with Crippen molar-refractivity contribution in [3.63, 3.8) is 0 Å². The van der Waals surface area contributed by atoms with E-state index < -0.39 is 5.97 Å². The van der Waals surface area contributed by atoms with Crippen molar-refractivity contribution in [3.8, 4) is 0 Å². The van der Waals surface area contributed by atoms with Crippen LogP contribution in [0.4, 0.5) is 0 Å². The second-order valence-corrected chi connectivity index (χ2v) is 3.22. The van der Waals surface area contributed by atoms with Crippen LogP contribution in [-0.4, -0.2) is 16.2 Å². The summed E-state index contributed by atoms with van der Waals surface area (Å²) >= 11 is 0. The van der Waals surface area contributed by atoms with E-state index in [2.05, 4.69) is 4.98 Å². The fourth-order valence-electron chi connectivity index (χ4n) is 1.22. The molecule has 16 heavy (non-hydrogen) atoms. The molecule has 1 aromatic rings. The van der Waals surface area contributed by atoms with Crippen LogP contribution in [0.1, 0.15) is 17.5 Å². The summed E-state index contributed by atoms with van der Waals surface area (Å²) in [6, 6.07) is 6.71. The number of hydrogen-bond donors (Lipinski definition) is 2. The molecule has 2 N–H and O–H groups in total. The van der Waals surface area contributed by atoms with Gasteiger partial charge in [-0.1, -0.05) is 24.3 Å². The van der Waals surface area contributed by atoms with Crippen molar-refractivity contribution < 1.29 is 15.0 Å². The molecule has 0 aromatic heterocycles. The number of aryl methyl sites for hydroxylation is 1. The lowest BCUT2D eigenvalue weighted by Crippen LogP contribution is -1.97. The summed E-state index contributed by atoms with van der Waals surface area (Å²) in [5, 5.41) is 26.1. The number of rotatable bonds is 4. The van der Waals surface area contributed by atoms with Gasteiger partial charge in [-0.05, 0) is 12.0 Å². The van der Waals surface area contributed by atoms with E-state index in [1.165, 1.54) is 0 Å². The Labute approximate surface area is 92.3 Å². The third-order valence-corrected chi connectivity index (χ3v) is 2.06. The summed E-state index contributed by atoms with van der Waals surface area (Å²) in [6.07, 6.45) is 1.45. The highest BCUT2D eigenvalue weighted by atomic mass is 16.4. The van der Waals surface area contributed by atoms with Crippen LogP contribution in [0.3, 0.4) is 0 Å². The number of carboxylic acid groups (broad SMARTS) is 1. The van der Waals surface area contributed by atoms with E-state index in [9.17, 15) is 9.90 Å². The van der Waals surface area contributed by atoms with Crippen molar-refractivity contribution in [1.82, 2.24) is 0 Å². The van der Waals surface area contributed by atoms with Crippen LogP contribution in [0.25, 0.3) is 10.7 Å². The Morgan fingerprint density at radius 3 is 2.44 bits per heavy atom. The van der Waals surface area contributed by atoms with Gasteiger partial charge in [0.25, 0.3) is 0 Å². The normalized spacial score (nSPS) is 10.8. The third kappa shape index (κ3) is 3.42. The molecule has 1 aromatic carbocycles. The Morgan fingerprint density at radius 2 is 1.94 bits per heavy atom. The number of aliphatic carboxylic acids is 1. The van der Waals surface area contributed by atoms with Gasteiger partial charge in [-0.25, -0.2) is 0 Å². The van der Waals surface area contributed by atoms with Gasteiger partial charge in [0.1, 0.15) is 0 Å². The summed E-state index contributed by atoms with van der Waals surface area (Å²) in [7, 11) is 0. The van der Waals surface area contributed by atoms with Crippen molar-refractivity contribution in [1.29, 1.82) is 5.39 Å². The first kappa shape index (κ1) is 11.7. The van der Waals surface area contributed by atoms with Gasteiger partial charge in [-0.2, -0.15) is 0 Å². The smallest absolute Gasteiger partial charge is 0.392 e. The molecule has 0 radical (unpaired) electrons. The average Bonchev–Trinajstić information content (AvgIpc) is 2.27. The van der Waals surface area contributed by atoms with Crippen LogP contribution in [0.15, 0.2) is 30.5 Å². The third-order valence-electron chi connectivity index (χ3n) is 2.06. The van der Waals surface area contributed by atoms with Crippen molar-refractivity contribution in [2.75, 3.05) is 0 Å². The second kappa shape index (κ2) is 5.51. The van der Waals surface area contributed by atoms with Crippen molar-refractivity contribution >= 4 is 11.7 Å². The molecule has 0 saturated carbocycles. The van der Waals surface area contributed by atoms with E-state index in [0.717, 1.165) is 11.8 Å². The summed E-state index contributed by atoms with van der Waals surface area (Å²) in [4.78, 5) is 13.0. The summed E-state index contributed by atoms with van der Waals surface area (Å²) in [5.41, 5.74) is 1.39. The first-order valence-corrected chi connectivity index (χ1v) is 4.68. The molecule has 0 aliphatic rings. The standard InChI is InChI=1S/C11H10N2O3/c12-13-7-10(14)9-4-1-8(2-5-9)3-6-11(15)16/h1-2,4-5,7H,3,6H2,(H-,14,15,16)/p+1/b10-7-. The molecule has 0 aliphatic heterocycles. The minimum Gasteiger partial charge on any atom is -0.501 e. The molecular formula is C11H11N2O3+. The fraction of sp³-hybridized carbons (Fsp3) is 0.182. The van der Waals surface area contributed by atoms with E-state index in [1.807, 2.05) is 0 Å². The van der Waals surface area contributed by atoms with Gasteiger partial charge < -0.3 is 10.2 Å². The number of carbonyl (C=O) groups is 1. The summed E-state index contributed by atoms with van der Waals surface area (Å²) < 4.78 is 0. The number of diazo groups is 1. The van der Waals surface area contributed by atoms with Crippen LogP contribution in [0.5, 0.6) is 0 Å². The van der Waals surface area contributed by atoms with E-state index in [0.29, 0.717) is 12.0 Å². The molecular weight excluding hydrogens is 208 g/mol. The molecule has 0 unspecified atom stereocenters. The Kier molecular flexibility index (Phi) is 4.04. The zero-order chi connectivity index (χ0) is 12.0. The molecule has 0 heterocycles. The van der Waals surface area contributed by atoms with Crippen molar-refractivity contribution in [2.24, 2.45) is 0 Å². The zero-order valence-electron chi connectivity index (χ0n) is 8.50. The summed E-state index contributed by atoms with van der Waals surface area (Å²) in [6.45, 7) is 0. The molecule has 5 nitrogen and oxygen atoms in total. The molecule has 82 valence electrons. The SMILES string of the molecule is N#[N+]/C=C(\O)c1ccc(CCC(=O)O)cc1. The number of aliphatic hydroxyl groups excluding tert-OH is 1. The Hall–Kier alpha value is -2.35.